The Kier molecular flexibility index (Phi) is 7.46. The first-order valence-electron chi connectivity index (χ1n) is 12.5. The third-order valence-corrected chi connectivity index (χ3v) is 7.31. The van der Waals surface area contributed by atoms with Crippen molar-refractivity contribution in [3.8, 4) is 28.0 Å². The number of rotatable bonds is 7. The van der Waals surface area contributed by atoms with Crippen LogP contribution in [0.15, 0.2) is 60.9 Å². The minimum atomic E-state index is -0.0236. The molecule has 2 aromatic heterocycles. The number of aromatic amines is 1. The van der Waals surface area contributed by atoms with E-state index in [1.54, 1.807) is 13.2 Å². The van der Waals surface area contributed by atoms with Crippen molar-refractivity contribution in [1.29, 1.82) is 0 Å². The standard InChI is InChI=1S/C29H32ClN5O2/c1-33(2)10-11-34-12-14-35(15-13-34)29(36)24-16-20(8-9-26(24)30)21-17-23-25(19-32-28(23)31-18-21)22-6-4-5-7-27(22)37-3/h4-9,16-19H,10-15H2,1-3H3,(H,31,32). The number of hydrogen-bond donors (Lipinski definition) is 1. The summed E-state index contributed by atoms with van der Waals surface area (Å²) in [7, 11) is 5.84. The Morgan fingerprint density at radius 1 is 1.05 bits per heavy atom. The topological polar surface area (TPSA) is 64.7 Å². The van der Waals surface area contributed by atoms with Crippen LogP contribution in [0.25, 0.3) is 33.3 Å². The molecule has 4 aromatic rings. The maximum atomic E-state index is 13.4. The molecular weight excluding hydrogens is 486 g/mol. The highest BCUT2D eigenvalue weighted by Crippen LogP contribution is 2.36. The lowest BCUT2D eigenvalue weighted by Gasteiger charge is -2.35. The van der Waals surface area contributed by atoms with Crippen LogP contribution in [-0.2, 0) is 0 Å². The van der Waals surface area contributed by atoms with Gasteiger partial charge in [0.15, 0.2) is 0 Å². The van der Waals surface area contributed by atoms with E-state index in [-0.39, 0.29) is 5.91 Å². The summed E-state index contributed by atoms with van der Waals surface area (Å²) in [6.07, 6.45) is 3.78. The van der Waals surface area contributed by atoms with Crippen LogP contribution in [-0.4, -0.2) is 91.0 Å². The zero-order valence-corrected chi connectivity index (χ0v) is 22.3. The van der Waals surface area contributed by atoms with Crippen molar-refractivity contribution in [2.45, 2.75) is 0 Å². The Hall–Kier alpha value is -3.39. The van der Waals surface area contributed by atoms with Crippen molar-refractivity contribution in [2.24, 2.45) is 0 Å². The molecule has 0 saturated carbocycles. The predicted octanol–water partition coefficient (Wildman–Crippen LogP) is 4.88. The number of carbonyl (C=O) groups excluding carboxylic acids is 1. The Bertz CT molecular complexity index is 1410. The maximum Gasteiger partial charge on any atom is 0.255 e. The second-order valence-corrected chi connectivity index (χ2v) is 10.1. The lowest BCUT2D eigenvalue weighted by molar-refractivity contribution is 0.0630. The van der Waals surface area contributed by atoms with E-state index in [4.69, 9.17) is 16.3 Å². The van der Waals surface area contributed by atoms with Crippen molar-refractivity contribution in [3.63, 3.8) is 0 Å². The number of benzene rings is 2. The van der Waals surface area contributed by atoms with Gasteiger partial charge in [0.2, 0.25) is 0 Å². The Balaban J connectivity index is 1.40. The first kappa shape index (κ1) is 25.3. The summed E-state index contributed by atoms with van der Waals surface area (Å²) in [5, 5.41) is 1.45. The fraction of sp³-hybridized carbons (Fsp3) is 0.310. The van der Waals surface area contributed by atoms with Crippen molar-refractivity contribution < 1.29 is 9.53 Å². The molecule has 0 atom stereocenters. The number of ether oxygens (including phenoxy) is 1. The third-order valence-electron chi connectivity index (χ3n) is 6.98. The normalized spacial score (nSPS) is 14.5. The van der Waals surface area contributed by atoms with Crippen molar-refractivity contribution in [2.75, 3.05) is 60.5 Å². The summed E-state index contributed by atoms with van der Waals surface area (Å²) in [6, 6.07) is 15.7. The monoisotopic (exact) mass is 517 g/mol. The second-order valence-electron chi connectivity index (χ2n) is 9.65. The van der Waals surface area contributed by atoms with Crippen molar-refractivity contribution >= 4 is 28.5 Å². The zero-order chi connectivity index (χ0) is 25.9. The number of piperazine rings is 1. The van der Waals surface area contributed by atoms with Gasteiger partial charge in [-0.1, -0.05) is 35.9 Å². The molecule has 1 aliphatic rings. The number of amides is 1. The zero-order valence-electron chi connectivity index (χ0n) is 21.5. The number of likely N-dealkylation sites (N-methyl/N-ethyl adjacent to an activating group) is 1. The number of halogens is 1. The van der Waals surface area contributed by atoms with Crippen LogP contribution in [0.3, 0.4) is 0 Å². The molecule has 0 spiro atoms. The summed E-state index contributed by atoms with van der Waals surface area (Å²) in [5.74, 6) is 0.777. The smallest absolute Gasteiger partial charge is 0.255 e. The van der Waals surface area contributed by atoms with E-state index in [1.165, 1.54) is 0 Å². The number of carbonyl (C=O) groups is 1. The number of aromatic nitrogens is 2. The van der Waals surface area contributed by atoms with Gasteiger partial charge < -0.3 is 19.5 Å². The van der Waals surface area contributed by atoms with Gasteiger partial charge in [-0.15, -0.1) is 0 Å². The van der Waals surface area contributed by atoms with Crippen LogP contribution in [0, 0.1) is 0 Å². The Morgan fingerprint density at radius 2 is 1.84 bits per heavy atom. The molecule has 0 bridgehead atoms. The average Bonchev–Trinajstić information content (AvgIpc) is 3.35. The number of fused-ring (bicyclic) bond motifs is 1. The average molecular weight is 518 g/mol. The molecule has 1 fully saturated rings. The van der Waals surface area contributed by atoms with E-state index in [0.29, 0.717) is 23.7 Å². The van der Waals surface area contributed by atoms with Crippen molar-refractivity contribution in [1.82, 2.24) is 24.7 Å². The summed E-state index contributed by atoms with van der Waals surface area (Å²) in [5.41, 5.74) is 5.15. The minimum Gasteiger partial charge on any atom is -0.496 e. The largest absolute Gasteiger partial charge is 0.496 e. The molecule has 7 nitrogen and oxygen atoms in total. The molecule has 2 aromatic carbocycles. The molecule has 0 unspecified atom stereocenters. The minimum absolute atomic E-state index is 0.0236. The second kappa shape index (κ2) is 10.9. The van der Waals surface area contributed by atoms with Crippen LogP contribution in [0.1, 0.15) is 10.4 Å². The van der Waals surface area contributed by atoms with Gasteiger partial charge in [-0.05, 0) is 43.9 Å². The molecule has 0 aliphatic carbocycles. The number of methoxy groups -OCH3 is 1. The number of nitrogens with zero attached hydrogens (tertiary/aromatic N) is 4. The third kappa shape index (κ3) is 5.34. The fourth-order valence-electron chi connectivity index (χ4n) is 4.81. The lowest BCUT2D eigenvalue weighted by atomic mass is 10.00. The number of para-hydroxylation sites is 1. The molecule has 1 N–H and O–H groups in total. The van der Waals surface area contributed by atoms with E-state index >= 15 is 0 Å². The molecule has 1 aliphatic heterocycles. The van der Waals surface area contributed by atoms with Gasteiger partial charge in [0, 0.05) is 73.7 Å². The van der Waals surface area contributed by atoms with E-state index < -0.39 is 0 Å². The van der Waals surface area contributed by atoms with E-state index in [0.717, 1.165) is 65.2 Å². The first-order chi connectivity index (χ1) is 17.9. The molecule has 1 amide bonds. The summed E-state index contributed by atoms with van der Waals surface area (Å²) < 4.78 is 5.58. The molecule has 1 saturated heterocycles. The Morgan fingerprint density at radius 3 is 2.59 bits per heavy atom. The number of pyridine rings is 1. The van der Waals surface area contributed by atoms with Crippen LogP contribution >= 0.6 is 11.6 Å². The number of hydrogen-bond acceptors (Lipinski definition) is 5. The number of nitrogens with one attached hydrogen (secondary N) is 1. The maximum absolute atomic E-state index is 13.4. The highest BCUT2D eigenvalue weighted by atomic mass is 35.5. The summed E-state index contributed by atoms with van der Waals surface area (Å²) in [6.45, 7) is 5.17. The van der Waals surface area contributed by atoms with Gasteiger partial charge in [0.25, 0.3) is 5.91 Å². The molecule has 8 heteroatoms. The molecule has 0 radical (unpaired) electrons. The van der Waals surface area contributed by atoms with E-state index in [2.05, 4.69) is 39.9 Å². The predicted molar refractivity (Wildman–Crippen MR) is 149 cm³/mol. The van der Waals surface area contributed by atoms with Gasteiger partial charge in [-0.25, -0.2) is 4.98 Å². The van der Waals surface area contributed by atoms with Crippen LogP contribution < -0.4 is 4.74 Å². The highest BCUT2D eigenvalue weighted by Gasteiger charge is 2.24. The van der Waals surface area contributed by atoms with Gasteiger partial charge in [0.1, 0.15) is 11.4 Å². The number of H-pyrrole nitrogens is 1. The fourth-order valence-corrected chi connectivity index (χ4v) is 5.00. The van der Waals surface area contributed by atoms with Gasteiger partial charge in [-0.2, -0.15) is 0 Å². The van der Waals surface area contributed by atoms with E-state index in [1.807, 2.05) is 53.7 Å². The first-order valence-corrected chi connectivity index (χ1v) is 12.9. The highest BCUT2D eigenvalue weighted by molar-refractivity contribution is 6.34. The molecule has 5 rings (SSSR count). The van der Waals surface area contributed by atoms with Crippen LogP contribution in [0.5, 0.6) is 5.75 Å². The van der Waals surface area contributed by atoms with Crippen LogP contribution in [0.2, 0.25) is 5.02 Å². The van der Waals surface area contributed by atoms with Gasteiger partial charge >= 0.3 is 0 Å². The SMILES string of the molecule is COc1ccccc1-c1c[nH]c2ncc(-c3ccc(Cl)c(C(=O)N4CCN(CCN(C)C)CC4)c3)cc12. The van der Waals surface area contributed by atoms with E-state index in [9.17, 15) is 4.79 Å². The summed E-state index contributed by atoms with van der Waals surface area (Å²) >= 11 is 6.53. The molecule has 37 heavy (non-hydrogen) atoms. The lowest BCUT2D eigenvalue weighted by Crippen LogP contribution is -2.50. The molecule has 3 heterocycles. The van der Waals surface area contributed by atoms with Gasteiger partial charge in [-0.3, -0.25) is 9.69 Å². The summed E-state index contributed by atoms with van der Waals surface area (Å²) in [4.78, 5) is 27.8. The quantitative estimate of drug-likeness (QED) is 0.378. The van der Waals surface area contributed by atoms with Crippen molar-refractivity contribution in [3.05, 3.63) is 71.5 Å². The van der Waals surface area contributed by atoms with Gasteiger partial charge in [0.05, 0.1) is 17.7 Å². The van der Waals surface area contributed by atoms with Crippen LogP contribution in [0.4, 0.5) is 0 Å². The molecular formula is C29H32ClN5O2. The molecule has 192 valence electrons. The Labute approximate surface area is 222 Å².